The van der Waals surface area contributed by atoms with Crippen LogP contribution in [0.25, 0.3) is 0 Å². The predicted octanol–water partition coefficient (Wildman–Crippen LogP) is -1.39. The number of thiol groups is 1. The Morgan fingerprint density at radius 2 is 1.75 bits per heavy atom. The Bertz CT molecular complexity index is 65.5. The summed E-state index contributed by atoms with van der Waals surface area (Å²) in [5, 5.41) is -0.315. The van der Waals surface area contributed by atoms with Crippen molar-refractivity contribution >= 4 is 18.5 Å². The fraction of sp³-hybridized carbons (Fsp3) is 0.667. The number of rotatable bonds is 1. The molecule has 0 aliphatic heterocycles. The number of hydrogen-bond donors (Lipinski definition) is 4. The van der Waals surface area contributed by atoms with E-state index < -0.39 is 0 Å². The normalized spacial score (nSPS) is 11.0. The lowest BCUT2D eigenvalue weighted by Gasteiger charge is -1.90. The molecule has 6 N–H and O–H groups in total. The molecule has 8 heavy (non-hydrogen) atoms. The molecule has 1 amide bonds. The Morgan fingerprint density at radius 1 is 1.62 bits per heavy atom. The maximum absolute atomic E-state index is 9.84. The summed E-state index contributed by atoms with van der Waals surface area (Å²) in [4.78, 5) is 9.84. The predicted molar refractivity (Wildman–Crippen MR) is 36.0 cm³/mol. The van der Waals surface area contributed by atoms with Crippen molar-refractivity contribution in [3.8, 4) is 0 Å². The van der Waals surface area contributed by atoms with E-state index in [4.69, 9.17) is 5.73 Å². The van der Waals surface area contributed by atoms with Gasteiger partial charge in [0.2, 0.25) is 5.91 Å². The molecular formula is C3H11N3OS. The Labute approximate surface area is 53.8 Å². The van der Waals surface area contributed by atoms with E-state index in [0.717, 1.165) is 0 Å². The minimum atomic E-state index is -0.377. The van der Waals surface area contributed by atoms with Crippen LogP contribution in [-0.2, 0) is 4.79 Å². The summed E-state index contributed by atoms with van der Waals surface area (Å²) in [7, 11) is 0. The van der Waals surface area contributed by atoms with Gasteiger partial charge in [-0.2, -0.15) is 12.6 Å². The first-order valence-electron chi connectivity index (χ1n) is 1.95. The molecule has 0 rings (SSSR count). The third kappa shape index (κ3) is 9.22. The van der Waals surface area contributed by atoms with Crippen LogP contribution in [0, 0.1) is 0 Å². The molecule has 1 unspecified atom stereocenters. The fourth-order valence-corrected chi connectivity index (χ4v) is 0. The lowest BCUT2D eigenvalue weighted by molar-refractivity contribution is -0.117. The molecule has 0 saturated heterocycles. The minimum Gasteiger partial charge on any atom is -0.369 e. The largest absolute Gasteiger partial charge is 0.369 e. The Kier molecular flexibility index (Phi) is 8.99. The van der Waals surface area contributed by atoms with Gasteiger partial charge in [0.1, 0.15) is 0 Å². The van der Waals surface area contributed by atoms with E-state index in [0.29, 0.717) is 0 Å². The number of hydrazine groups is 1. The van der Waals surface area contributed by atoms with Crippen LogP contribution in [0.4, 0.5) is 0 Å². The molecule has 0 fully saturated rings. The third-order valence-electron chi connectivity index (χ3n) is 0.412. The van der Waals surface area contributed by atoms with Crippen LogP contribution in [0.15, 0.2) is 0 Å². The Balaban J connectivity index is 0. The molecule has 0 bridgehead atoms. The number of primary amides is 1. The maximum atomic E-state index is 9.84. The third-order valence-corrected chi connectivity index (χ3v) is 0.666. The van der Waals surface area contributed by atoms with Crippen LogP contribution in [-0.4, -0.2) is 11.2 Å². The smallest absolute Gasteiger partial charge is 0.229 e. The van der Waals surface area contributed by atoms with E-state index >= 15 is 0 Å². The van der Waals surface area contributed by atoms with E-state index in [9.17, 15) is 4.79 Å². The summed E-state index contributed by atoms with van der Waals surface area (Å²) in [6, 6.07) is 0. The first kappa shape index (κ1) is 10.7. The van der Waals surface area contributed by atoms with Gasteiger partial charge in [0.05, 0.1) is 5.25 Å². The molecule has 0 aliphatic rings. The zero-order valence-corrected chi connectivity index (χ0v) is 5.56. The van der Waals surface area contributed by atoms with E-state index in [1.807, 2.05) is 0 Å². The van der Waals surface area contributed by atoms with Crippen molar-refractivity contribution in [3.05, 3.63) is 0 Å². The summed E-state index contributed by atoms with van der Waals surface area (Å²) in [6.45, 7) is 1.63. The second-order valence-electron chi connectivity index (χ2n) is 1.08. The van der Waals surface area contributed by atoms with Crippen molar-refractivity contribution in [1.82, 2.24) is 0 Å². The van der Waals surface area contributed by atoms with Crippen molar-refractivity contribution in [1.29, 1.82) is 0 Å². The quantitative estimate of drug-likeness (QED) is 0.203. The molecule has 4 nitrogen and oxygen atoms in total. The SMILES string of the molecule is CC(S)C(N)=O.NN. The zero-order valence-electron chi connectivity index (χ0n) is 4.66. The second-order valence-corrected chi connectivity index (χ2v) is 1.85. The van der Waals surface area contributed by atoms with Crippen molar-refractivity contribution < 1.29 is 4.79 Å². The lowest BCUT2D eigenvalue weighted by Crippen LogP contribution is -2.20. The molecule has 0 aromatic heterocycles. The summed E-state index contributed by atoms with van der Waals surface area (Å²) in [6.07, 6.45) is 0. The maximum Gasteiger partial charge on any atom is 0.229 e. The minimum absolute atomic E-state index is 0.315. The molecule has 0 saturated carbocycles. The monoisotopic (exact) mass is 137 g/mol. The molecule has 50 valence electrons. The van der Waals surface area contributed by atoms with E-state index in [1.165, 1.54) is 0 Å². The van der Waals surface area contributed by atoms with E-state index in [1.54, 1.807) is 6.92 Å². The van der Waals surface area contributed by atoms with Gasteiger partial charge in [-0.3, -0.25) is 16.5 Å². The second kappa shape index (κ2) is 6.74. The molecule has 0 aromatic rings. The average molecular weight is 137 g/mol. The number of carbonyl (C=O) groups excluding carboxylic acids is 1. The molecule has 0 spiro atoms. The van der Waals surface area contributed by atoms with Crippen molar-refractivity contribution in [2.75, 3.05) is 0 Å². The van der Waals surface area contributed by atoms with Crippen LogP contribution in [0.5, 0.6) is 0 Å². The molecule has 0 radical (unpaired) electrons. The van der Waals surface area contributed by atoms with Gasteiger partial charge in [0.25, 0.3) is 0 Å². The molecule has 0 aromatic carbocycles. The number of nitrogens with two attached hydrogens (primary N) is 3. The summed E-state index contributed by atoms with van der Waals surface area (Å²) < 4.78 is 0. The molecule has 5 heteroatoms. The van der Waals surface area contributed by atoms with Gasteiger partial charge in [-0.1, -0.05) is 0 Å². The first-order chi connectivity index (χ1) is 3.64. The summed E-state index contributed by atoms with van der Waals surface area (Å²) in [5.41, 5.74) is 4.72. The van der Waals surface area contributed by atoms with Gasteiger partial charge >= 0.3 is 0 Å². The number of carbonyl (C=O) groups is 1. The van der Waals surface area contributed by atoms with Crippen molar-refractivity contribution in [2.45, 2.75) is 12.2 Å². The highest BCUT2D eigenvalue weighted by molar-refractivity contribution is 7.81. The van der Waals surface area contributed by atoms with Gasteiger partial charge in [-0.05, 0) is 6.92 Å². The first-order valence-corrected chi connectivity index (χ1v) is 2.47. The van der Waals surface area contributed by atoms with E-state index in [2.05, 4.69) is 24.3 Å². The number of hydrogen-bond acceptors (Lipinski definition) is 4. The van der Waals surface area contributed by atoms with Gasteiger partial charge in [-0.25, -0.2) is 0 Å². The molecule has 0 aliphatic carbocycles. The fourth-order valence-electron chi connectivity index (χ4n) is 0. The standard InChI is InChI=1S/C3H7NOS.H4N2/c1-2(6)3(4)5;1-2/h2,6H,1H3,(H2,4,5);1-2H2. The topological polar surface area (TPSA) is 95.1 Å². The van der Waals surface area contributed by atoms with E-state index in [-0.39, 0.29) is 11.2 Å². The highest BCUT2D eigenvalue weighted by Gasteiger charge is 1.97. The van der Waals surface area contributed by atoms with Crippen LogP contribution < -0.4 is 17.4 Å². The van der Waals surface area contributed by atoms with Gasteiger partial charge in [0, 0.05) is 0 Å². The van der Waals surface area contributed by atoms with Gasteiger partial charge in [-0.15, -0.1) is 0 Å². The van der Waals surface area contributed by atoms with Crippen LogP contribution in [0.2, 0.25) is 0 Å². The molecule has 1 atom stereocenters. The van der Waals surface area contributed by atoms with Gasteiger partial charge < -0.3 is 5.73 Å². The van der Waals surface area contributed by atoms with Crippen LogP contribution in [0.1, 0.15) is 6.92 Å². The van der Waals surface area contributed by atoms with Crippen molar-refractivity contribution in [2.24, 2.45) is 17.4 Å². The summed E-state index contributed by atoms with van der Waals surface area (Å²) in [5.74, 6) is 7.62. The number of amides is 1. The molecular weight excluding hydrogens is 126 g/mol. The van der Waals surface area contributed by atoms with Crippen molar-refractivity contribution in [3.63, 3.8) is 0 Å². The Morgan fingerprint density at radius 3 is 1.75 bits per heavy atom. The van der Waals surface area contributed by atoms with Crippen LogP contribution in [0.3, 0.4) is 0 Å². The molecule has 0 heterocycles. The lowest BCUT2D eigenvalue weighted by atomic mass is 10.5. The highest BCUT2D eigenvalue weighted by atomic mass is 32.1. The summed E-state index contributed by atoms with van der Waals surface area (Å²) >= 11 is 3.72. The van der Waals surface area contributed by atoms with Crippen LogP contribution >= 0.6 is 12.6 Å². The zero-order chi connectivity index (χ0) is 7.15. The highest BCUT2D eigenvalue weighted by Crippen LogP contribution is 1.86. The average Bonchev–Trinajstić information content (AvgIpc) is 1.72. The van der Waals surface area contributed by atoms with Gasteiger partial charge in [0.15, 0.2) is 0 Å². The Hall–Kier alpha value is -0.260.